The van der Waals surface area contributed by atoms with E-state index in [1.165, 1.54) is 0 Å². The molecular weight excluding hydrogens is 388 g/mol. The molecule has 0 saturated carbocycles. The molecule has 0 saturated heterocycles. The number of aromatic nitrogens is 1. The Labute approximate surface area is 181 Å². The molecule has 0 spiro atoms. The molecule has 3 aromatic carbocycles. The number of oxazole rings is 1. The van der Waals surface area contributed by atoms with E-state index in [1.54, 1.807) is 12.1 Å². The second kappa shape index (κ2) is 9.30. The normalized spacial score (nSPS) is 10.6. The smallest absolute Gasteiger partial charge is 0.255 e. The predicted octanol–water partition coefficient (Wildman–Crippen LogP) is 6.04. The van der Waals surface area contributed by atoms with Crippen LogP contribution in [0.3, 0.4) is 0 Å². The first-order valence-corrected chi connectivity index (χ1v) is 10.3. The summed E-state index contributed by atoms with van der Waals surface area (Å²) in [7, 11) is 0. The van der Waals surface area contributed by atoms with Crippen LogP contribution in [-0.4, -0.2) is 10.9 Å². The van der Waals surface area contributed by atoms with Crippen molar-refractivity contribution in [3.63, 3.8) is 0 Å². The van der Waals surface area contributed by atoms with Gasteiger partial charge in [0.1, 0.15) is 23.8 Å². The van der Waals surface area contributed by atoms with Crippen molar-refractivity contribution in [2.45, 2.75) is 26.9 Å². The van der Waals surface area contributed by atoms with Crippen molar-refractivity contribution in [3.05, 3.63) is 101 Å². The van der Waals surface area contributed by atoms with Crippen LogP contribution in [0.4, 0.5) is 5.69 Å². The molecule has 0 atom stereocenters. The standard InChI is InChI=1S/C26H24N2O3/c1-3-19-9-7-8-12-23(19)27-25(29)20-13-15-21(16-14-20)26-28-24(18(2)31-26)17-30-22-10-5-4-6-11-22/h4-16H,3,17H2,1-2H3,(H,27,29). The molecule has 156 valence electrons. The number of hydrogen-bond acceptors (Lipinski definition) is 4. The van der Waals surface area contributed by atoms with Gasteiger partial charge in [0.05, 0.1) is 0 Å². The minimum Gasteiger partial charge on any atom is -0.487 e. The van der Waals surface area contributed by atoms with Gasteiger partial charge >= 0.3 is 0 Å². The Hall–Kier alpha value is -3.86. The maximum atomic E-state index is 12.6. The summed E-state index contributed by atoms with van der Waals surface area (Å²) in [5, 5.41) is 2.99. The van der Waals surface area contributed by atoms with Gasteiger partial charge in [0.15, 0.2) is 0 Å². The van der Waals surface area contributed by atoms with E-state index < -0.39 is 0 Å². The summed E-state index contributed by atoms with van der Waals surface area (Å²) < 4.78 is 11.6. The Balaban J connectivity index is 1.45. The maximum Gasteiger partial charge on any atom is 0.255 e. The van der Waals surface area contributed by atoms with E-state index in [4.69, 9.17) is 9.15 Å². The molecule has 0 aliphatic carbocycles. The molecule has 1 N–H and O–H groups in total. The molecule has 5 nitrogen and oxygen atoms in total. The molecule has 4 aromatic rings. The van der Waals surface area contributed by atoms with Crippen molar-refractivity contribution in [2.75, 3.05) is 5.32 Å². The zero-order chi connectivity index (χ0) is 21.6. The number of amides is 1. The molecule has 1 amide bonds. The average molecular weight is 412 g/mol. The van der Waals surface area contributed by atoms with Gasteiger partial charge in [-0.25, -0.2) is 4.98 Å². The number of nitrogens with one attached hydrogen (secondary N) is 1. The lowest BCUT2D eigenvalue weighted by atomic mass is 10.1. The Morgan fingerprint density at radius 2 is 1.68 bits per heavy atom. The van der Waals surface area contributed by atoms with E-state index in [9.17, 15) is 4.79 Å². The molecular formula is C26H24N2O3. The monoisotopic (exact) mass is 412 g/mol. The van der Waals surface area contributed by atoms with Crippen molar-refractivity contribution >= 4 is 11.6 Å². The van der Waals surface area contributed by atoms with Crippen LogP contribution >= 0.6 is 0 Å². The van der Waals surface area contributed by atoms with Gasteiger partial charge in [-0.15, -0.1) is 0 Å². The Morgan fingerprint density at radius 1 is 0.968 bits per heavy atom. The first kappa shape index (κ1) is 20.4. The molecule has 1 aromatic heterocycles. The quantitative estimate of drug-likeness (QED) is 0.402. The van der Waals surface area contributed by atoms with Crippen LogP contribution in [0.2, 0.25) is 0 Å². The highest BCUT2D eigenvalue weighted by molar-refractivity contribution is 6.04. The van der Waals surface area contributed by atoms with Gasteiger partial charge in [0.2, 0.25) is 5.89 Å². The third-order valence-electron chi connectivity index (χ3n) is 5.05. The van der Waals surface area contributed by atoms with Crippen molar-refractivity contribution in [1.29, 1.82) is 0 Å². The summed E-state index contributed by atoms with van der Waals surface area (Å²) in [4.78, 5) is 17.2. The van der Waals surface area contributed by atoms with Gasteiger partial charge < -0.3 is 14.5 Å². The molecule has 0 unspecified atom stereocenters. The first-order chi connectivity index (χ1) is 15.1. The van der Waals surface area contributed by atoms with Crippen LogP contribution < -0.4 is 10.1 Å². The summed E-state index contributed by atoms with van der Waals surface area (Å²) >= 11 is 0. The third kappa shape index (κ3) is 4.83. The Kier molecular flexibility index (Phi) is 6.13. The molecule has 0 bridgehead atoms. The lowest BCUT2D eigenvalue weighted by Crippen LogP contribution is -2.13. The second-order valence-electron chi connectivity index (χ2n) is 7.17. The molecule has 31 heavy (non-hydrogen) atoms. The zero-order valence-electron chi connectivity index (χ0n) is 17.6. The molecule has 0 radical (unpaired) electrons. The van der Waals surface area contributed by atoms with Crippen molar-refractivity contribution in [2.24, 2.45) is 0 Å². The highest BCUT2D eigenvalue weighted by Crippen LogP contribution is 2.24. The topological polar surface area (TPSA) is 64.4 Å². The Morgan fingerprint density at radius 3 is 2.42 bits per heavy atom. The minimum absolute atomic E-state index is 0.145. The summed E-state index contributed by atoms with van der Waals surface area (Å²) in [5.41, 5.74) is 4.07. The number of hydrogen-bond donors (Lipinski definition) is 1. The van der Waals surface area contributed by atoms with Gasteiger partial charge in [-0.05, 0) is 61.4 Å². The van der Waals surface area contributed by atoms with E-state index in [-0.39, 0.29) is 5.91 Å². The molecule has 1 heterocycles. The van der Waals surface area contributed by atoms with Gasteiger partial charge in [0, 0.05) is 16.8 Å². The van der Waals surface area contributed by atoms with E-state index >= 15 is 0 Å². The van der Waals surface area contributed by atoms with E-state index in [2.05, 4.69) is 17.2 Å². The summed E-state index contributed by atoms with van der Waals surface area (Å²) in [6.45, 7) is 4.27. The van der Waals surface area contributed by atoms with E-state index in [1.807, 2.05) is 73.7 Å². The number of nitrogens with zero attached hydrogens (tertiary/aromatic N) is 1. The maximum absolute atomic E-state index is 12.6. The highest BCUT2D eigenvalue weighted by Gasteiger charge is 2.14. The number of aryl methyl sites for hydroxylation is 2. The van der Waals surface area contributed by atoms with E-state index in [0.717, 1.165) is 34.7 Å². The van der Waals surface area contributed by atoms with Gasteiger partial charge in [0.25, 0.3) is 5.91 Å². The van der Waals surface area contributed by atoms with Crippen LogP contribution in [0, 0.1) is 6.92 Å². The van der Waals surface area contributed by atoms with Crippen LogP contribution in [0.1, 0.15) is 34.3 Å². The predicted molar refractivity (Wildman–Crippen MR) is 121 cm³/mol. The number of para-hydroxylation sites is 2. The number of carbonyl (C=O) groups excluding carboxylic acids is 1. The van der Waals surface area contributed by atoms with Crippen molar-refractivity contribution in [3.8, 4) is 17.2 Å². The number of rotatable bonds is 7. The van der Waals surface area contributed by atoms with Gasteiger partial charge in [-0.3, -0.25) is 4.79 Å². The van der Waals surface area contributed by atoms with E-state index in [0.29, 0.717) is 23.8 Å². The highest BCUT2D eigenvalue weighted by atomic mass is 16.5. The molecule has 0 aliphatic heterocycles. The number of anilines is 1. The first-order valence-electron chi connectivity index (χ1n) is 10.3. The number of ether oxygens (including phenoxy) is 1. The zero-order valence-corrected chi connectivity index (χ0v) is 17.6. The Bertz CT molecular complexity index is 1160. The van der Waals surface area contributed by atoms with Crippen LogP contribution in [0.15, 0.2) is 83.3 Å². The summed E-state index contributed by atoms with van der Waals surface area (Å²) in [5.74, 6) is 1.86. The third-order valence-corrected chi connectivity index (χ3v) is 5.05. The fourth-order valence-corrected chi connectivity index (χ4v) is 3.26. The van der Waals surface area contributed by atoms with Crippen molar-refractivity contribution < 1.29 is 13.9 Å². The molecule has 0 aliphatic rings. The van der Waals surface area contributed by atoms with Gasteiger partial charge in [-0.1, -0.05) is 43.3 Å². The molecule has 4 rings (SSSR count). The van der Waals surface area contributed by atoms with Crippen LogP contribution in [-0.2, 0) is 13.0 Å². The SMILES string of the molecule is CCc1ccccc1NC(=O)c1ccc(-c2nc(COc3ccccc3)c(C)o2)cc1. The van der Waals surface area contributed by atoms with Crippen molar-refractivity contribution in [1.82, 2.24) is 4.98 Å². The largest absolute Gasteiger partial charge is 0.487 e. The fourth-order valence-electron chi connectivity index (χ4n) is 3.26. The summed E-state index contributed by atoms with van der Waals surface area (Å²) in [6, 6.07) is 24.7. The number of carbonyl (C=O) groups is 1. The molecule has 0 fully saturated rings. The van der Waals surface area contributed by atoms with Crippen LogP contribution in [0.5, 0.6) is 5.75 Å². The average Bonchev–Trinajstić information content (AvgIpc) is 3.19. The summed E-state index contributed by atoms with van der Waals surface area (Å²) in [6.07, 6.45) is 0.856. The molecule has 5 heteroatoms. The van der Waals surface area contributed by atoms with Gasteiger partial charge in [-0.2, -0.15) is 0 Å². The minimum atomic E-state index is -0.145. The second-order valence-corrected chi connectivity index (χ2v) is 7.17. The lowest BCUT2D eigenvalue weighted by Gasteiger charge is -2.09. The number of benzene rings is 3. The van der Waals surface area contributed by atoms with Crippen LogP contribution in [0.25, 0.3) is 11.5 Å². The fraction of sp³-hybridized carbons (Fsp3) is 0.154. The lowest BCUT2D eigenvalue weighted by molar-refractivity contribution is 0.102.